The van der Waals surface area contributed by atoms with Gasteiger partial charge in [-0.2, -0.15) is 0 Å². The lowest BCUT2D eigenvalue weighted by Gasteiger charge is -2.39. The lowest BCUT2D eigenvalue weighted by molar-refractivity contribution is -0.140. The van der Waals surface area contributed by atoms with E-state index >= 15 is 0 Å². The van der Waals surface area contributed by atoms with Gasteiger partial charge in [0, 0.05) is 29.6 Å². The Bertz CT molecular complexity index is 3480. The van der Waals surface area contributed by atoms with Crippen LogP contribution in [0.15, 0.2) is 90.6 Å². The van der Waals surface area contributed by atoms with Crippen LogP contribution < -0.4 is 0 Å². The average Bonchev–Trinajstić information content (AvgIpc) is 3.99. The van der Waals surface area contributed by atoms with Gasteiger partial charge in [0.1, 0.15) is 0 Å². The third-order valence-electron chi connectivity index (χ3n) is 16.2. The molecule has 0 heterocycles. The number of benzene rings is 6. The van der Waals surface area contributed by atoms with E-state index in [1.807, 2.05) is 0 Å². The number of fused-ring (bicyclic) bond motifs is 4. The van der Waals surface area contributed by atoms with Gasteiger partial charge in [0.15, 0.2) is 0 Å². The molecule has 2 heteroatoms. The van der Waals surface area contributed by atoms with E-state index in [-0.39, 0.29) is 5.97 Å². The molecule has 0 radical (unpaired) electrons. The second kappa shape index (κ2) is 8.17. The summed E-state index contributed by atoms with van der Waals surface area (Å²) in [5, 5.41) is 21.2. The fourth-order valence-electron chi connectivity index (χ4n) is 14.6. The summed E-state index contributed by atoms with van der Waals surface area (Å²) < 4.78 is 5.31. The minimum absolute atomic E-state index is 0.116. The van der Waals surface area contributed by atoms with E-state index in [2.05, 4.69) is 91.1 Å². The van der Waals surface area contributed by atoms with Gasteiger partial charge >= 0.3 is 5.97 Å². The number of ether oxygens (including phenoxy) is 1. The van der Waals surface area contributed by atoms with Crippen LogP contribution in [0.5, 0.6) is 0 Å². The molecule has 0 amide bonds. The topological polar surface area (TPSA) is 26.3 Å². The van der Waals surface area contributed by atoms with Crippen molar-refractivity contribution in [3.05, 3.63) is 141 Å². The molecular weight excluding hydrogens is 657 g/mol. The van der Waals surface area contributed by atoms with Crippen LogP contribution in [0, 0.1) is 5.92 Å². The number of allylic oxidation sites excluding steroid dienone is 7. The van der Waals surface area contributed by atoms with Crippen molar-refractivity contribution in [2.75, 3.05) is 7.11 Å². The minimum Gasteiger partial charge on any atom is -0.469 e. The molecular formula is C52H32O2. The quantitative estimate of drug-likeness (QED) is 0.133. The second-order valence-corrected chi connectivity index (χ2v) is 17.7. The molecule has 0 saturated carbocycles. The number of rotatable bonds is 5. The van der Waals surface area contributed by atoms with Crippen LogP contribution in [0.25, 0.3) is 87.1 Å². The lowest BCUT2D eigenvalue weighted by atomic mass is 9.63. The molecule has 0 N–H and O–H groups in total. The summed E-state index contributed by atoms with van der Waals surface area (Å²) in [5.74, 6) is 1.37. The fraction of sp³-hybridized carbons (Fsp3) is 0.212. The van der Waals surface area contributed by atoms with Gasteiger partial charge in [-0.05, 0) is 168 Å². The summed E-state index contributed by atoms with van der Waals surface area (Å²) in [6.45, 7) is 0. The minimum atomic E-state index is -0.425. The number of hydrogen-bond donors (Lipinski definition) is 0. The normalized spacial score (nSPS) is 25.8. The Labute approximate surface area is 310 Å². The van der Waals surface area contributed by atoms with E-state index in [4.69, 9.17) is 4.74 Å². The first-order valence-electron chi connectivity index (χ1n) is 20.2. The Balaban J connectivity index is 1.28. The van der Waals surface area contributed by atoms with Crippen molar-refractivity contribution in [2.45, 2.75) is 55.3 Å². The first kappa shape index (κ1) is 26.9. The van der Waals surface area contributed by atoms with Crippen LogP contribution in [0.4, 0.5) is 0 Å². The molecule has 9 aromatic rings. The van der Waals surface area contributed by atoms with Crippen molar-refractivity contribution in [3.63, 3.8) is 0 Å². The number of hydrogen-bond acceptors (Lipinski definition) is 2. The zero-order valence-corrected chi connectivity index (χ0v) is 29.8. The molecule has 4 bridgehead atoms. The van der Waals surface area contributed by atoms with Gasteiger partial charge in [0.25, 0.3) is 0 Å². The molecule has 2 nitrogen and oxygen atoms in total. The summed E-state index contributed by atoms with van der Waals surface area (Å²) in [7, 11) is 1.54. The van der Waals surface area contributed by atoms with Crippen molar-refractivity contribution in [3.8, 4) is 0 Å². The monoisotopic (exact) mass is 688 g/mol. The van der Waals surface area contributed by atoms with Gasteiger partial charge in [-0.1, -0.05) is 91.1 Å². The zero-order chi connectivity index (χ0) is 34.7. The first-order valence-corrected chi connectivity index (χ1v) is 20.2. The molecule has 54 heavy (non-hydrogen) atoms. The Morgan fingerprint density at radius 3 is 2.31 bits per heavy atom. The van der Waals surface area contributed by atoms with Gasteiger partial charge in [-0.3, -0.25) is 4.79 Å². The van der Waals surface area contributed by atoms with Crippen molar-refractivity contribution < 1.29 is 9.53 Å². The van der Waals surface area contributed by atoms with Crippen molar-refractivity contribution in [1.82, 2.24) is 0 Å². The highest BCUT2D eigenvalue weighted by atomic mass is 16.5. The highest BCUT2D eigenvalue weighted by molar-refractivity contribution is 6.56. The number of esters is 1. The van der Waals surface area contributed by atoms with E-state index in [1.165, 1.54) is 99.9 Å². The lowest BCUT2D eigenvalue weighted by Crippen LogP contribution is -2.30. The first-order chi connectivity index (χ1) is 26.7. The molecule has 8 aliphatic rings. The van der Waals surface area contributed by atoms with Gasteiger partial charge in [0.2, 0.25) is 0 Å². The third kappa shape index (κ3) is 2.39. The van der Waals surface area contributed by atoms with Crippen LogP contribution in [0.2, 0.25) is 0 Å². The molecule has 17 rings (SSSR count). The van der Waals surface area contributed by atoms with Gasteiger partial charge in [-0.15, -0.1) is 0 Å². The maximum absolute atomic E-state index is 13.0. The Kier molecular flexibility index (Phi) is 4.08. The predicted octanol–water partition coefficient (Wildman–Crippen LogP) is 12.5. The molecule has 0 aromatic heterocycles. The smallest absolute Gasteiger partial charge is 0.305 e. The number of carbonyl (C=O) groups excluding carboxylic acids is 1. The van der Waals surface area contributed by atoms with Crippen molar-refractivity contribution >= 4 is 93.0 Å². The summed E-state index contributed by atoms with van der Waals surface area (Å²) >= 11 is 0. The molecule has 252 valence electrons. The fourth-order valence-corrected chi connectivity index (χ4v) is 14.6. The summed E-state index contributed by atoms with van der Waals surface area (Å²) in [6, 6.07) is 21.5. The van der Waals surface area contributed by atoms with Gasteiger partial charge < -0.3 is 4.74 Å². The Morgan fingerprint density at radius 1 is 0.704 bits per heavy atom. The Hall–Kier alpha value is -5.73. The van der Waals surface area contributed by atoms with Gasteiger partial charge in [-0.25, -0.2) is 0 Å². The van der Waals surface area contributed by atoms with E-state index in [0.717, 1.165) is 25.7 Å². The average molecular weight is 689 g/mol. The van der Waals surface area contributed by atoms with Crippen LogP contribution >= 0.6 is 0 Å². The largest absolute Gasteiger partial charge is 0.469 e. The van der Waals surface area contributed by atoms with Crippen LogP contribution in [0.1, 0.15) is 99.9 Å². The number of methoxy groups -OCH3 is 1. The molecule has 0 spiro atoms. The SMILES string of the molecule is COC(=O)CCCC1(c2ccccc2)c2c3c4c5c6c2c2c1c1c7ccc8c9ccc%10c%11c(c%12c%10c9c(c18)c2c6%12)C5C(C=C%11)C4C=CC3=C1C=CC7CC1. The van der Waals surface area contributed by atoms with Crippen molar-refractivity contribution in [1.29, 1.82) is 0 Å². The third-order valence-corrected chi connectivity index (χ3v) is 16.2. The molecule has 0 aliphatic heterocycles. The molecule has 8 aliphatic carbocycles. The van der Waals surface area contributed by atoms with E-state index in [9.17, 15) is 4.79 Å². The number of carbonyl (C=O) groups is 1. The molecule has 0 saturated heterocycles. The zero-order valence-electron chi connectivity index (χ0n) is 29.8. The molecule has 5 atom stereocenters. The molecule has 5 unspecified atom stereocenters. The predicted molar refractivity (Wildman–Crippen MR) is 220 cm³/mol. The van der Waals surface area contributed by atoms with E-state index in [0.29, 0.717) is 30.1 Å². The molecule has 9 aromatic carbocycles. The Morgan fingerprint density at radius 2 is 1.46 bits per heavy atom. The second-order valence-electron chi connectivity index (χ2n) is 17.7. The maximum atomic E-state index is 13.0. The van der Waals surface area contributed by atoms with Gasteiger partial charge in [0.05, 0.1) is 7.11 Å². The highest BCUT2D eigenvalue weighted by Crippen LogP contribution is 2.74. The van der Waals surface area contributed by atoms with Crippen molar-refractivity contribution in [2.24, 2.45) is 5.92 Å². The highest BCUT2D eigenvalue weighted by Gasteiger charge is 2.56. The standard InChI is InChI=1S/C52H32O2/c1-54-33(53)8-5-21-52(24-6-3-2-4-7-24)50-40-25-13-15-31-29-19-17-27-28-18-20-30-32-16-14-26(23-10-9-22(25)11-12-23)41-39(32)44-37(30)35(28)42-34(27)36(29)43(38(31)40)46-45(42)47(44)49(48(46)50)51(41)52/h2-4,6-7,9-10,13-20,22,30,32,37H,5,8,11-12,21H2,1H3. The summed E-state index contributed by atoms with van der Waals surface area (Å²) in [4.78, 5) is 13.0. The molecule has 0 fully saturated rings. The van der Waals surface area contributed by atoms with Crippen LogP contribution in [-0.2, 0) is 14.9 Å². The van der Waals surface area contributed by atoms with E-state index in [1.54, 1.807) is 43.8 Å². The summed E-state index contributed by atoms with van der Waals surface area (Å²) in [6.07, 6.45) is 19.6. The summed E-state index contributed by atoms with van der Waals surface area (Å²) in [5.41, 5.74) is 16.4. The van der Waals surface area contributed by atoms with Crippen LogP contribution in [-0.4, -0.2) is 13.1 Å². The van der Waals surface area contributed by atoms with E-state index < -0.39 is 5.41 Å². The van der Waals surface area contributed by atoms with Crippen LogP contribution in [0.3, 0.4) is 0 Å². The maximum Gasteiger partial charge on any atom is 0.305 e.